The Morgan fingerprint density at radius 2 is 1.81 bits per heavy atom. The zero-order valence-corrected chi connectivity index (χ0v) is 15.3. The average molecular weight is 368 g/mol. The predicted molar refractivity (Wildman–Crippen MR) is 102 cm³/mol. The summed E-state index contributed by atoms with van der Waals surface area (Å²) in [5, 5.41) is 9.57. The number of rotatable bonds is 6. The lowest BCUT2D eigenvalue weighted by atomic mass is 10.1. The van der Waals surface area contributed by atoms with Crippen molar-refractivity contribution < 1.29 is 14.7 Å². The van der Waals surface area contributed by atoms with Crippen molar-refractivity contribution in [3.63, 3.8) is 0 Å². The van der Waals surface area contributed by atoms with E-state index in [2.05, 4.69) is 4.99 Å². The van der Waals surface area contributed by atoms with Crippen molar-refractivity contribution in [3.8, 4) is 0 Å². The van der Waals surface area contributed by atoms with E-state index in [1.165, 1.54) is 11.3 Å². The molecular formula is C20H20N2O3S. The number of hydrogen-bond acceptors (Lipinski definition) is 3. The summed E-state index contributed by atoms with van der Waals surface area (Å²) in [6, 6.07) is 16.6. The SMILES string of the molecule is CCC(C(=O)O)n1c(=NC(=O)CCc2ccccc2)sc2ccccc21. The molecule has 134 valence electrons. The first kappa shape index (κ1) is 18.1. The van der Waals surface area contributed by atoms with Gasteiger partial charge in [-0.05, 0) is 30.5 Å². The molecule has 1 heterocycles. The summed E-state index contributed by atoms with van der Waals surface area (Å²) in [4.78, 5) is 28.7. The average Bonchev–Trinajstić information content (AvgIpc) is 2.99. The Labute approximate surface area is 155 Å². The molecule has 1 atom stereocenters. The minimum absolute atomic E-state index is 0.241. The van der Waals surface area contributed by atoms with Crippen LogP contribution in [0.2, 0.25) is 0 Å². The van der Waals surface area contributed by atoms with E-state index in [0.29, 0.717) is 24.1 Å². The third-order valence-corrected chi connectivity index (χ3v) is 5.24. The maximum Gasteiger partial charge on any atom is 0.326 e. The Bertz CT molecular complexity index is 989. The summed E-state index contributed by atoms with van der Waals surface area (Å²) in [5.74, 6) is -1.16. The Morgan fingerprint density at radius 3 is 2.50 bits per heavy atom. The van der Waals surface area contributed by atoms with Gasteiger partial charge in [-0.15, -0.1) is 0 Å². The van der Waals surface area contributed by atoms with Crippen LogP contribution in [0.15, 0.2) is 59.6 Å². The van der Waals surface area contributed by atoms with E-state index < -0.39 is 12.0 Å². The summed E-state index contributed by atoms with van der Waals surface area (Å²) in [6.07, 6.45) is 1.33. The van der Waals surface area contributed by atoms with E-state index in [-0.39, 0.29) is 5.91 Å². The van der Waals surface area contributed by atoms with E-state index >= 15 is 0 Å². The zero-order chi connectivity index (χ0) is 18.5. The van der Waals surface area contributed by atoms with E-state index in [1.807, 2.05) is 61.5 Å². The van der Waals surface area contributed by atoms with Crippen molar-refractivity contribution in [2.75, 3.05) is 0 Å². The summed E-state index contributed by atoms with van der Waals surface area (Å²) >= 11 is 1.35. The molecule has 1 aromatic heterocycles. The number of aliphatic carboxylic acids is 1. The molecule has 0 radical (unpaired) electrons. The predicted octanol–water partition coefficient (Wildman–Crippen LogP) is 3.80. The van der Waals surface area contributed by atoms with Crippen LogP contribution in [0.5, 0.6) is 0 Å². The van der Waals surface area contributed by atoms with Crippen LogP contribution in [-0.4, -0.2) is 21.6 Å². The molecule has 0 aliphatic carbocycles. The van der Waals surface area contributed by atoms with Gasteiger partial charge >= 0.3 is 5.97 Å². The summed E-state index contributed by atoms with van der Waals surface area (Å²) in [5.41, 5.74) is 1.87. The minimum atomic E-state index is -0.922. The number of carbonyl (C=O) groups is 2. The molecule has 0 saturated carbocycles. The largest absolute Gasteiger partial charge is 0.480 e. The Morgan fingerprint density at radius 1 is 1.12 bits per heavy atom. The highest BCUT2D eigenvalue weighted by molar-refractivity contribution is 7.16. The second-order valence-corrected chi connectivity index (χ2v) is 6.98. The van der Waals surface area contributed by atoms with Crippen LogP contribution in [0.3, 0.4) is 0 Å². The lowest BCUT2D eigenvalue weighted by molar-refractivity contribution is -0.141. The van der Waals surface area contributed by atoms with Gasteiger partial charge in [-0.25, -0.2) is 4.79 Å². The van der Waals surface area contributed by atoms with Crippen LogP contribution >= 0.6 is 11.3 Å². The third-order valence-electron chi connectivity index (χ3n) is 4.21. The first-order valence-electron chi connectivity index (χ1n) is 8.54. The van der Waals surface area contributed by atoms with Crippen LogP contribution in [0.25, 0.3) is 10.2 Å². The quantitative estimate of drug-likeness (QED) is 0.719. The summed E-state index contributed by atoms with van der Waals surface area (Å²) in [7, 11) is 0. The first-order valence-corrected chi connectivity index (χ1v) is 9.36. The topological polar surface area (TPSA) is 71.7 Å². The number of carbonyl (C=O) groups excluding carboxylic acids is 1. The number of benzene rings is 2. The van der Waals surface area contributed by atoms with Gasteiger partial charge in [0, 0.05) is 6.42 Å². The van der Waals surface area contributed by atoms with Gasteiger partial charge in [0.1, 0.15) is 6.04 Å². The molecule has 0 aliphatic heterocycles. The fourth-order valence-electron chi connectivity index (χ4n) is 2.90. The van der Waals surface area contributed by atoms with Gasteiger partial charge in [-0.1, -0.05) is 60.7 Å². The summed E-state index contributed by atoms with van der Waals surface area (Å²) < 4.78 is 2.59. The molecule has 1 N–H and O–H groups in total. The standard InChI is InChI=1S/C20H20N2O3S/c1-2-15(19(24)25)22-16-10-6-7-11-17(16)26-20(22)21-18(23)13-12-14-8-4-3-5-9-14/h3-11,15H,2,12-13H2,1H3,(H,24,25). The van der Waals surface area contributed by atoms with Gasteiger partial charge in [-0.3, -0.25) is 4.79 Å². The highest BCUT2D eigenvalue weighted by Crippen LogP contribution is 2.22. The van der Waals surface area contributed by atoms with E-state index in [9.17, 15) is 14.7 Å². The molecule has 0 aliphatic rings. The van der Waals surface area contributed by atoms with Crippen molar-refractivity contribution in [2.24, 2.45) is 4.99 Å². The normalized spacial score (nSPS) is 13.0. The molecule has 1 amide bonds. The Kier molecular flexibility index (Phi) is 5.63. The Hall–Kier alpha value is -2.73. The molecular weight excluding hydrogens is 348 g/mol. The van der Waals surface area contributed by atoms with Gasteiger partial charge in [-0.2, -0.15) is 4.99 Å². The van der Waals surface area contributed by atoms with Crippen molar-refractivity contribution in [1.82, 2.24) is 4.57 Å². The zero-order valence-electron chi connectivity index (χ0n) is 14.5. The molecule has 1 unspecified atom stereocenters. The molecule has 0 bridgehead atoms. The smallest absolute Gasteiger partial charge is 0.326 e. The van der Waals surface area contributed by atoms with E-state index in [0.717, 1.165) is 15.8 Å². The summed E-state index contributed by atoms with van der Waals surface area (Å²) in [6.45, 7) is 1.82. The fraction of sp³-hybridized carbons (Fsp3) is 0.250. The van der Waals surface area contributed by atoms with Crippen LogP contribution in [-0.2, 0) is 16.0 Å². The lowest BCUT2D eigenvalue weighted by Gasteiger charge is -2.13. The second kappa shape index (κ2) is 8.10. The number of nitrogens with zero attached hydrogens (tertiary/aromatic N) is 2. The molecule has 6 heteroatoms. The highest BCUT2D eigenvalue weighted by Gasteiger charge is 2.21. The van der Waals surface area contributed by atoms with Crippen molar-refractivity contribution in [2.45, 2.75) is 32.2 Å². The van der Waals surface area contributed by atoms with Crippen molar-refractivity contribution in [1.29, 1.82) is 0 Å². The number of thiazole rings is 1. The maximum absolute atomic E-state index is 12.4. The maximum atomic E-state index is 12.4. The Balaban J connectivity index is 1.96. The molecule has 0 fully saturated rings. The first-order chi connectivity index (χ1) is 12.6. The van der Waals surface area contributed by atoms with Gasteiger partial charge in [0.25, 0.3) is 0 Å². The fourth-order valence-corrected chi connectivity index (χ4v) is 3.98. The van der Waals surface area contributed by atoms with E-state index in [4.69, 9.17) is 0 Å². The van der Waals surface area contributed by atoms with Crippen LogP contribution in [0.1, 0.15) is 31.4 Å². The van der Waals surface area contributed by atoms with Gasteiger partial charge in [0.2, 0.25) is 5.91 Å². The number of carboxylic acid groups (broad SMARTS) is 1. The molecule has 0 saturated heterocycles. The number of para-hydroxylation sites is 1. The van der Waals surface area contributed by atoms with Gasteiger partial charge < -0.3 is 9.67 Å². The van der Waals surface area contributed by atoms with Crippen LogP contribution < -0.4 is 4.80 Å². The van der Waals surface area contributed by atoms with Crippen molar-refractivity contribution in [3.05, 3.63) is 65.0 Å². The lowest BCUT2D eigenvalue weighted by Crippen LogP contribution is -2.27. The third kappa shape index (κ3) is 3.91. The molecule has 26 heavy (non-hydrogen) atoms. The number of fused-ring (bicyclic) bond motifs is 1. The molecule has 0 spiro atoms. The van der Waals surface area contributed by atoms with E-state index in [1.54, 1.807) is 4.57 Å². The molecule has 3 rings (SSSR count). The monoisotopic (exact) mass is 368 g/mol. The number of hydrogen-bond donors (Lipinski definition) is 1. The van der Waals surface area contributed by atoms with Crippen molar-refractivity contribution >= 4 is 33.4 Å². The number of aromatic nitrogens is 1. The molecule has 5 nitrogen and oxygen atoms in total. The highest BCUT2D eigenvalue weighted by atomic mass is 32.1. The molecule has 3 aromatic rings. The van der Waals surface area contributed by atoms with Gasteiger partial charge in [0.15, 0.2) is 4.80 Å². The van der Waals surface area contributed by atoms with Gasteiger partial charge in [0.05, 0.1) is 10.2 Å². The van der Waals surface area contributed by atoms with Crippen LogP contribution in [0.4, 0.5) is 0 Å². The van der Waals surface area contributed by atoms with Crippen LogP contribution in [0, 0.1) is 0 Å². The number of carboxylic acids is 1. The second-order valence-electron chi connectivity index (χ2n) is 5.98. The number of aryl methyl sites for hydroxylation is 1. The number of amides is 1. The minimum Gasteiger partial charge on any atom is -0.480 e. The molecule has 2 aromatic carbocycles.